The van der Waals surface area contributed by atoms with Crippen molar-refractivity contribution in [1.29, 1.82) is 0 Å². The van der Waals surface area contributed by atoms with Crippen LogP contribution < -0.4 is 4.74 Å². The number of hydrogen-bond donors (Lipinski definition) is 0. The first-order valence-electron chi connectivity index (χ1n) is 6.28. The number of alkyl halides is 1. The monoisotopic (exact) mass is 356 g/mol. The number of ether oxygens (including phenoxy) is 1. The Morgan fingerprint density at radius 1 is 1.25 bits per heavy atom. The molecule has 0 aliphatic carbocycles. The summed E-state index contributed by atoms with van der Waals surface area (Å²) >= 11 is 9.51. The van der Waals surface area contributed by atoms with Gasteiger partial charge in [-0.05, 0) is 41.8 Å². The summed E-state index contributed by atoms with van der Waals surface area (Å²) < 4.78 is 19.3. The van der Waals surface area contributed by atoms with Crippen LogP contribution in [0.5, 0.6) is 5.75 Å². The number of halogens is 3. The molecule has 2 aromatic carbocycles. The molecule has 0 radical (unpaired) electrons. The Labute approximate surface area is 131 Å². The van der Waals surface area contributed by atoms with Gasteiger partial charge in [0.25, 0.3) is 0 Å². The summed E-state index contributed by atoms with van der Waals surface area (Å²) in [5, 5.41) is 1.33. The summed E-state index contributed by atoms with van der Waals surface area (Å²) in [4.78, 5) is 0. The lowest BCUT2D eigenvalue weighted by atomic mass is 9.93. The van der Waals surface area contributed by atoms with Crippen LogP contribution in [0.2, 0.25) is 5.02 Å². The predicted octanol–water partition coefficient (Wildman–Crippen LogP) is 5.21. The van der Waals surface area contributed by atoms with Gasteiger partial charge in [0.2, 0.25) is 0 Å². The second-order valence-corrected chi connectivity index (χ2v) is 5.62. The molecule has 0 heterocycles. The third kappa shape index (κ3) is 3.53. The Balaban J connectivity index is 2.31. The van der Waals surface area contributed by atoms with Gasteiger partial charge in [-0.2, -0.15) is 0 Å². The fourth-order valence-corrected chi connectivity index (χ4v) is 3.00. The molecule has 20 heavy (non-hydrogen) atoms. The first-order valence-corrected chi connectivity index (χ1v) is 7.78. The average Bonchev–Trinajstić information content (AvgIpc) is 2.46. The van der Waals surface area contributed by atoms with Crippen molar-refractivity contribution >= 4 is 27.5 Å². The molecule has 0 aliphatic rings. The summed E-state index contributed by atoms with van der Waals surface area (Å²) in [6.45, 7) is 0. The van der Waals surface area contributed by atoms with Gasteiger partial charge < -0.3 is 4.74 Å². The minimum Gasteiger partial charge on any atom is -0.496 e. The summed E-state index contributed by atoms with van der Waals surface area (Å²) in [5.41, 5.74) is 1.68. The number of methoxy groups -OCH3 is 1. The molecule has 2 rings (SSSR count). The van der Waals surface area contributed by atoms with E-state index in [4.69, 9.17) is 16.3 Å². The molecule has 0 N–H and O–H groups in total. The van der Waals surface area contributed by atoms with Gasteiger partial charge in [0.1, 0.15) is 11.6 Å². The van der Waals surface area contributed by atoms with E-state index in [1.165, 1.54) is 6.07 Å². The van der Waals surface area contributed by atoms with Gasteiger partial charge in [-0.3, -0.25) is 0 Å². The van der Waals surface area contributed by atoms with Gasteiger partial charge in [-0.15, -0.1) is 0 Å². The summed E-state index contributed by atoms with van der Waals surface area (Å²) in [7, 11) is 1.62. The summed E-state index contributed by atoms with van der Waals surface area (Å²) in [5.74, 6) is 0.623. The zero-order chi connectivity index (χ0) is 14.5. The number of benzene rings is 2. The largest absolute Gasteiger partial charge is 0.496 e. The van der Waals surface area contributed by atoms with E-state index in [0.717, 1.165) is 11.3 Å². The van der Waals surface area contributed by atoms with E-state index in [0.29, 0.717) is 22.3 Å². The molecule has 106 valence electrons. The Morgan fingerprint density at radius 3 is 2.65 bits per heavy atom. The van der Waals surface area contributed by atoms with Crippen LogP contribution >= 0.6 is 27.5 Å². The van der Waals surface area contributed by atoms with Gasteiger partial charge in [0.05, 0.1) is 7.11 Å². The van der Waals surface area contributed by atoms with Crippen LogP contribution in [0.4, 0.5) is 4.39 Å². The van der Waals surface area contributed by atoms with Crippen molar-refractivity contribution in [3.63, 3.8) is 0 Å². The lowest BCUT2D eigenvalue weighted by Gasteiger charge is -2.17. The van der Waals surface area contributed by atoms with Crippen LogP contribution in [0.15, 0.2) is 42.5 Å². The maximum absolute atomic E-state index is 13.9. The van der Waals surface area contributed by atoms with Crippen molar-refractivity contribution in [2.75, 3.05) is 12.4 Å². The minimum atomic E-state index is -0.182. The smallest absolute Gasteiger partial charge is 0.126 e. The molecule has 1 nitrogen and oxygen atoms in total. The highest BCUT2D eigenvalue weighted by atomic mass is 79.9. The van der Waals surface area contributed by atoms with E-state index in [1.54, 1.807) is 19.2 Å². The predicted molar refractivity (Wildman–Crippen MR) is 84.6 cm³/mol. The van der Waals surface area contributed by atoms with Crippen molar-refractivity contribution in [2.24, 2.45) is 0 Å². The van der Waals surface area contributed by atoms with E-state index in [1.807, 2.05) is 24.3 Å². The first-order chi connectivity index (χ1) is 9.65. The van der Waals surface area contributed by atoms with Crippen LogP contribution in [0.25, 0.3) is 0 Å². The molecule has 0 spiro atoms. The molecule has 0 bridgehead atoms. The molecule has 0 amide bonds. The topological polar surface area (TPSA) is 9.23 Å². The minimum absolute atomic E-state index is 0.0311. The second-order valence-electron chi connectivity index (χ2n) is 4.53. The highest BCUT2D eigenvalue weighted by Gasteiger charge is 2.17. The number of hydrogen-bond acceptors (Lipinski definition) is 1. The standard InChI is InChI=1S/C16H15BrClFO/c1-20-16-7-6-13(18)9-11(16)8-12(10-17)14-4-2-3-5-15(14)19/h2-7,9,12H,8,10H2,1H3. The van der Waals surface area contributed by atoms with E-state index in [-0.39, 0.29) is 11.7 Å². The summed E-state index contributed by atoms with van der Waals surface area (Å²) in [6, 6.07) is 12.4. The molecule has 1 atom stereocenters. The maximum atomic E-state index is 13.9. The average molecular weight is 358 g/mol. The highest BCUT2D eigenvalue weighted by molar-refractivity contribution is 9.09. The Bertz CT molecular complexity index is 588. The van der Waals surface area contributed by atoms with Gasteiger partial charge in [0, 0.05) is 16.3 Å². The van der Waals surface area contributed by atoms with Gasteiger partial charge in [-0.1, -0.05) is 45.7 Å². The Kier molecular flexibility index (Phi) is 5.44. The Hall–Kier alpha value is -1.06. The van der Waals surface area contributed by atoms with E-state index >= 15 is 0 Å². The molecule has 0 aliphatic heterocycles. The van der Waals surface area contributed by atoms with Crippen LogP contribution in [-0.2, 0) is 6.42 Å². The molecule has 1 unspecified atom stereocenters. The molecular weight excluding hydrogens is 343 g/mol. The third-order valence-corrected chi connectivity index (χ3v) is 4.26. The Morgan fingerprint density at radius 2 is 2.00 bits per heavy atom. The molecular formula is C16H15BrClFO. The maximum Gasteiger partial charge on any atom is 0.126 e. The lowest BCUT2D eigenvalue weighted by Crippen LogP contribution is -2.08. The van der Waals surface area contributed by atoms with Crippen molar-refractivity contribution < 1.29 is 9.13 Å². The normalized spacial score (nSPS) is 12.2. The molecule has 4 heteroatoms. The van der Waals surface area contributed by atoms with Crippen LogP contribution in [0, 0.1) is 5.82 Å². The van der Waals surface area contributed by atoms with Crippen LogP contribution in [0.1, 0.15) is 17.0 Å². The quantitative estimate of drug-likeness (QED) is 0.668. The fourth-order valence-electron chi connectivity index (χ4n) is 2.23. The molecule has 2 aromatic rings. The zero-order valence-corrected chi connectivity index (χ0v) is 13.4. The lowest BCUT2D eigenvalue weighted by molar-refractivity contribution is 0.408. The van der Waals surface area contributed by atoms with Gasteiger partial charge in [0.15, 0.2) is 0 Å². The van der Waals surface area contributed by atoms with E-state index < -0.39 is 0 Å². The van der Waals surface area contributed by atoms with Crippen molar-refractivity contribution in [2.45, 2.75) is 12.3 Å². The summed E-state index contributed by atoms with van der Waals surface area (Å²) in [6.07, 6.45) is 0.663. The third-order valence-electron chi connectivity index (χ3n) is 3.24. The van der Waals surface area contributed by atoms with Gasteiger partial charge in [-0.25, -0.2) is 4.39 Å². The van der Waals surface area contributed by atoms with Gasteiger partial charge >= 0.3 is 0 Å². The first kappa shape index (κ1) is 15.3. The molecule has 0 fully saturated rings. The van der Waals surface area contributed by atoms with Crippen molar-refractivity contribution in [3.05, 3.63) is 64.4 Å². The molecule has 0 aromatic heterocycles. The fraction of sp³-hybridized carbons (Fsp3) is 0.250. The zero-order valence-electron chi connectivity index (χ0n) is 11.1. The SMILES string of the molecule is COc1ccc(Cl)cc1CC(CBr)c1ccccc1F. The molecule has 0 saturated carbocycles. The second kappa shape index (κ2) is 7.09. The van der Waals surface area contributed by atoms with Crippen LogP contribution in [-0.4, -0.2) is 12.4 Å². The van der Waals surface area contributed by atoms with Crippen molar-refractivity contribution in [1.82, 2.24) is 0 Å². The number of rotatable bonds is 5. The van der Waals surface area contributed by atoms with E-state index in [2.05, 4.69) is 15.9 Å². The van der Waals surface area contributed by atoms with Crippen molar-refractivity contribution in [3.8, 4) is 5.75 Å². The van der Waals surface area contributed by atoms with E-state index in [9.17, 15) is 4.39 Å². The highest BCUT2D eigenvalue weighted by Crippen LogP contribution is 2.31. The van der Waals surface area contributed by atoms with Crippen LogP contribution in [0.3, 0.4) is 0 Å². The molecule has 0 saturated heterocycles.